The van der Waals surface area contributed by atoms with Gasteiger partial charge in [0.15, 0.2) is 11.5 Å². The van der Waals surface area contributed by atoms with Crippen molar-refractivity contribution in [2.75, 3.05) is 13.7 Å². The number of amides is 2. The predicted molar refractivity (Wildman–Crippen MR) is 135 cm³/mol. The molecule has 2 N–H and O–H groups in total. The molecule has 1 aromatic carbocycles. The maximum absolute atomic E-state index is 12.4. The van der Waals surface area contributed by atoms with Crippen LogP contribution in [0.3, 0.4) is 0 Å². The number of hydrogen-bond donors (Lipinski definition) is 2. The third kappa shape index (κ3) is 12.5. The molecule has 0 aliphatic carbocycles. The van der Waals surface area contributed by atoms with Gasteiger partial charge < -0.3 is 20.1 Å². The summed E-state index contributed by atoms with van der Waals surface area (Å²) in [6.45, 7) is 6.98. The van der Waals surface area contributed by atoms with Crippen LogP contribution in [0.15, 0.2) is 18.2 Å². The van der Waals surface area contributed by atoms with E-state index in [9.17, 15) is 9.59 Å². The Hall–Kier alpha value is -2.24. The Morgan fingerprint density at radius 3 is 1.85 bits per heavy atom. The van der Waals surface area contributed by atoms with Crippen LogP contribution in [0.5, 0.6) is 11.5 Å². The third-order valence-corrected chi connectivity index (χ3v) is 5.65. The van der Waals surface area contributed by atoms with Gasteiger partial charge in [0.1, 0.15) is 6.17 Å². The molecule has 0 saturated carbocycles. The summed E-state index contributed by atoms with van der Waals surface area (Å²) in [7, 11) is 1.61. The molecule has 0 fully saturated rings. The Labute approximate surface area is 201 Å². The summed E-state index contributed by atoms with van der Waals surface area (Å²) in [5.74, 6) is 1.14. The Morgan fingerprint density at radius 1 is 0.758 bits per heavy atom. The lowest BCUT2D eigenvalue weighted by Crippen LogP contribution is -2.41. The van der Waals surface area contributed by atoms with Crippen LogP contribution in [-0.4, -0.2) is 25.5 Å². The standard InChI is InChI=1S/C27H46N2O4/c1-5-8-11-12-13-14-15-20-33-23-19-18-22(21-24(23)32-4)27(28-25(30)16-9-6-2)29-26(31)17-10-7-3/h18-19,21,27H,5-17,20H2,1-4H3,(H,28,30)(H,29,31). The minimum atomic E-state index is -0.593. The lowest BCUT2D eigenvalue weighted by molar-refractivity contribution is -0.124. The molecule has 0 atom stereocenters. The monoisotopic (exact) mass is 462 g/mol. The van der Waals surface area contributed by atoms with Gasteiger partial charge in [0.2, 0.25) is 11.8 Å². The number of methoxy groups -OCH3 is 1. The predicted octanol–water partition coefficient (Wildman–Crippen LogP) is 6.44. The quantitative estimate of drug-likeness (QED) is 0.183. The van der Waals surface area contributed by atoms with Crippen molar-refractivity contribution in [3.63, 3.8) is 0 Å². The molecular formula is C27H46N2O4. The molecule has 0 unspecified atom stereocenters. The Kier molecular flexibility index (Phi) is 15.9. The third-order valence-electron chi connectivity index (χ3n) is 5.65. The molecule has 2 amide bonds. The van der Waals surface area contributed by atoms with E-state index < -0.39 is 6.17 Å². The average molecular weight is 463 g/mol. The number of unbranched alkanes of at least 4 members (excludes halogenated alkanes) is 8. The zero-order chi connectivity index (χ0) is 24.3. The molecule has 1 aromatic rings. The van der Waals surface area contributed by atoms with Crippen LogP contribution in [0.4, 0.5) is 0 Å². The second-order valence-corrected chi connectivity index (χ2v) is 8.66. The summed E-state index contributed by atoms with van der Waals surface area (Å²) in [5, 5.41) is 5.92. The number of hydrogen-bond acceptors (Lipinski definition) is 4. The number of carbonyl (C=O) groups excluding carboxylic acids is 2. The van der Waals surface area contributed by atoms with E-state index in [-0.39, 0.29) is 11.8 Å². The first kappa shape index (κ1) is 28.8. The van der Waals surface area contributed by atoms with Crippen molar-refractivity contribution in [1.82, 2.24) is 10.6 Å². The van der Waals surface area contributed by atoms with E-state index in [4.69, 9.17) is 9.47 Å². The molecule has 0 aliphatic rings. The van der Waals surface area contributed by atoms with Gasteiger partial charge in [-0.3, -0.25) is 9.59 Å². The minimum absolute atomic E-state index is 0.0733. The molecule has 1 rings (SSSR count). The normalized spacial score (nSPS) is 10.8. The van der Waals surface area contributed by atoms with Crippen molar-refractivity contribution < 1.29 is 19.1 Å². The minimum Gasteiger partial charge on any atom is -0.493 e. The molecule has 6 nitrogen and oxygen atoms in total. The summed E-state index contributed by atoms with van der Waals surface area (Å²) >= 11 is 0. The van der Waals surface area contributed by atoms with Gasteiger partial charge in [0.25, 0.3) is 0 Å². The highest BCUT2D eigenvalue weighted by Gasteiger charge is 2.19. The fraction of sp³-hybridized carbons (Fsp3) is 0.704. The molecule has 0 radical (unpaired) electrons. The highest BCUT2D eigenvalue weighted by atomic mass is 16.5. The molecule has 0 saturated heterocycles. The van der Waals surface area contributed by atoms with Gasteiger partial charge in [-0.15, -0.1) is 0 Å². The lowest BCUT2D eigenvalue weighted by atomic mass is 10.1. The summed E-state index contributed by atoms with van der Waals surface area (Å²) in [5.41, 5.74) is 0.768. The highest BCUT2D eigenvalue weighted by molar-refractivity contribution is 5.79. The van der Waals surface area contributed by atoms with Crippen molar-refractivity contribution in [3.8, 4) is 11.5 Å². The first-order chi connectivity index (χ1) is 16.0. The van der Waals surface area contributed by atoms with Crippen LogP contribution in [-0.2, 0) is 9.59 Å². The van der Waals surface area contributed by atoms with Gasteiger partial charge in [0, 0.05) is 12.8 Å². The number of benzene rings is 1. The molecule has 0 bridgehead atoms. The number of ether oxygens (including phenoxy) is 2. The second kappa shape index (κ2) is 18.2. The van der Waals surface area contributed by atoms with Crippen molar-refractivity contribution in [1.29, 1.82) is 0 Å². The zero-order valence-electron chi connectivity index (χ0n) is 21.3. The summed E-state index contributed by atoms with van der Waals surface area (Å²) in [4.78, 5) is 24.7. The van der Waals surface area contributed by atoms with Crippen molar-refractivity contribution in [2.45, 2.75) is 110 Å². The Bertz CT molecular complexity index is 656. The van der Waals surface area contributed by atoms with E-state index in [2.05, 4.69) is 17.6 Å². The van der Waals surface area contributed by atoms with E-state index in [0.717, 1.165) is 37.7 Å². The van der Waals surface area contributed by atoms with Crippen LogP contribution in [0.2, 0.25) is 0 Å². The summed E-state index contributed by atoms with van der Waals surface area (Å²) in [6, 6.07) is 5.58. The van der Waals surface area contributed by atoms with Gasteiger partial charge in [-0.25, -0.2) is 0 Å². The maximum Gasteiger partial charge on any atom is 0.221 e. The highest BCUT2D eigenvalue weighted by Crippen LogP contribution is 2.30. The van der Waals surface area contributed by atoms with Crippen LogP contribution in [0.1, 0.15) is 116 Å². The molecule has 0 spiro atoms. The fourth-order valence-electron chi connectivity index (χ4n) is 3.57. The lowest BCUT2D eigenvalue weighted by Gasteiger charge is -2.22. The first-order valence-electron chi connectivity index (χ1n) is 12.9. The maximum atomic E-state index is 12.4. The van der Waals surface area contributed by atoms with Gasteiger partial charge in [-0.1, -0.05) is 78.2 Å². The number of rotatable bonds is 19. The van der Waals surface area contributed by atoms with E-state index in [1.54, 1.807) is 7.11 Å². The van der Waals surface area contributed by atoms with Gasteiger partial charge in [0.05, 0.1) is 13.7 Å². The van der Waals surface area contributed by atoms with E-state index in [1.807, 2.05) is 32.0 Å². The van der Waals surface area contributed by atoms with Crippen molar-refractivity contribution in [3.05, 3.63) is 23.8 Å². The van der Waals surface area contributed by atoms with Gasteiger partial charge >= 0.3 is 0 Å². The molecular weight excluding hydrogens is 416 g/mol. The van der Waals surface area contributed by atoms with Crippen molar-refractivity contribution in [2.24, 2.45) is 0 Å². The average Bonchev–Trinajstić information content (AvgIpc) is 2.82. The summed E-state index contributed by atoms with van der Waals surface area (Å²) in [6.07, 6.45) is 12.4. The van der Waals surface area contributed by atoms with E-state index >= 15 is 0 Å². The Morgan fingerprint density at radius 2 is 1.30 bits per heavy atom. The fourth-order valence-corrected chi connectivity index (χ4v) is 3.57. The molecule has 0 heterocycles. The SMILES string of the molecule is CCCCCCCCCOc1ccc(C(NC(=O)CCCC)NC(=O)CCCC)cc1OC. The molecule has 33 heavy (non-hydrogen) atoms. The zero-order valence-corrected chi connectivity index (χ0v) is 21.3. The number of nitrogens with one attached hydrogen (secondary N) is 2. The first-order valence-corrected chi connectivity index (χ1v) is 12.9. The van der Waals surface area contributed by atoms with Crippen LogP contribution in [0.25, 0.3) is 0 Å². The molecule has 6 heteroatoms. The van der Waals surface area contributed by atoms with Gasteiger partial charge in [-0.05, 0) is 37.0 Å². The second-order valence-electron chi connectivity index (χ2n) is 8.66. The number of carbonyl (C=O) groups is 2. The smallest absolute Gasteiger partial charge is 0.221 e. The van der Waals surface area contributed by atoms with E-state index in [1.165, 1.54) is 38.5 Å². The molecule has 0 aliphatic heterocycles. The van der Waals surface area contributed by atoms with Crippen LogP contribution in [0, 0.1) is 0 Å². The largest absolute Gasteiger partial charge is 0.493 e. The van der Waals surface area contributed by atoms with Crippen LogP contribution < -0.4 is 20.1 Å². The Balaban J connectivity index is 2.74. The van der Waals surface area contributed by atoms with Gasteiger partial charge in [-0.2, -0.15) is 0 Å². The molecule has 188 valence electrons. The topological polar surface area (TPSA) is 76.7 Å². The summed E-state index contributed by atoms with van der Waals surface area (Å²) < 4.78 is 11.5. The van der Waals surface area contributed by atoms with E-state index in [0.29, 0.717) is 30.9 Å². The molecule has 0 aromatic heterocycles. The van der Waals surface area contributed by atoms with Crippen molar-refractivity contribution >= 4 is 11.8 Å². The van der Waals surface area contributed by atoms with Crippen LogP contribution >= 0.6 is 0 Å².